The Kier molecular flexibility index (Phi) is 5.35. The summed E-state index contributed by atoms with van der Waals surface area (Å²) in [7, 11) is 0. The molecule has 0 unspecified atom stereocenters. The summed E-state index contributed by atoms with van der Waals surface area (Å²) in [6.45, 7) is 4.04. The molecule has 0 rings (SSSR count). The van der Waals surface area contributed by atoms with Crippen LogP contribution in [0.1, 0.15) is 20.3 Å². The summed E-state index contributed by atoms with van der Waals surface area (Å²) in [6, 6.07) is -0.423. The summed E-state index contributed by atoms with van der Waals surface area (Å²) < 4.78 is 4.76. The van der Waals surface area contributed by atoms with Gasteiger partial charge in [0.2, 0.25) is 0 Å². The molecule has 1 atom stereocenters. The molecule has 0 aromatic rings. The quantitative estimate of drug-likeness (QED) is 0.500. The molecule has 0 spiro atoms. The Labute approximate surface area is 65.8 Å². The highest BCUT2D eigenvalue weighted by molar-refractivity contribution is 6.14. The zero-order valence-electron chi connectivity index (χ0n) is 6.19. The number of halogens is 1. The predicted octanol–water partition coefficient (Wildman–Crippen LogP) is 1.07. The Bertz CT molecular complexity index is 108. The molecule has 0 saturated heterocycles. The van der Waals surface area contributed by atoms with E-state index in [1.807, 2.05) is 6.92 Å². The van der Waals surface area contributed by atoms with Gasteiger partial charge in [0.15, 0.2) is 0 Å². The van der Waals surface area contributed by atoms with E-state index in [4.69, 9.17) is 16.5 Å². The molecule has 0 saturated carbocycles. The van der Waals surface area contributed by atoms with Crippen LogP contribution in [0.25, 0.3) is 0 Å². The third-order valence-electron chi connectivity index (χ3n) is 0.966. The van der Waals surface area contributed by atoms with Gasteiger partial charge in [0.05, 0.1) is 6.61 Å². The summed E-state index contributed by atoms with van der Waals surface area (Å²) in [4.78, 5) is 13.0. The molecule has 0 aliphatic rings. The molecule has 0 aliphatic carbocycles. The van der Waals surface area contributed by atoms with Crippen molar-refractivity contribution in [2.24, 2.45) is 0 Å². The number of carbonyl (C=O) groups excluding carboxylic acids is 1. The molecule has 0 heterocycles. The average Bonchev–Trinajstić information content (AvgIpc) is 1.98. The topological polar surface area (TPSA) is 38.3 Å². The largest absolute Gasteiger partial charge is 0.465 e. The summed E-state index contributed by atoms with van der Waals surface area (Å²) in [5.41, 5.74) is 0. The first-order valence-electron chi connectivity index (χ1n) is 3.25. The van der Waals surface area contributed by atoms with Crippen LogP contribution in [0.15, 0.2) is 0 Å². The molecular weight excluding hydrogens is 154 g/mol. The first-order chi connectivity index (χ1) is 4.72. The van der Waals surface area contributed by atoms with Crippen LogP contribution in [0.4, 0.5) is 0 Å². The van der Waals surface area contributed by atoms with E-state index in [9.17, 15) is 4.79 Å². The smallest absolute Gasteiger partial charge is 0.324 e. The number of carbonyl (C=O) groups is 1. The Morgan fingerprint density at radius 1 is 1.80 bits per heavy atom. The van der Waals surface area contributed by atoms with Gasteiger partial charge in [-0.1, -0.05) is 6.92 Å². The van der Waals surface area contributed by atoms with E-state index in [0.717, 1.165) is 6.42 Å². The molecule has 0 bridgehead atoms. The van der Waals surface area contributed by atoms with Crippen molar-refractivity contribution >= 4 is 17.7 Å². The fourth-order valence-electron chi connectivity index (χ4n) is 0.372. The lowest BCUT2D eigenvalue weighted by Crippen LogP contribution is -2.29. The van der Waals surface area contributed by atoms with Gasteiger partial charge >= 0.3 is 5.97 Å². The van der Waals surface area contributed by atoms with Gasteiger partial charge < -0.3 is 4.74 Å². The Morgan fingerprint density at radius 2 is 2.40 bits per heavy atom. The van der Waals surface area contributed by atoms with Gasteiger partial charge in [-0.2, -0.15) is 0 Å². The maximum absolute atomic E-state index is 10.8. The van der Waals surface area contributed by atoms with E-state index < -0.39 is 6.04 Å². The van der Waals surface area contributed by atoms with Crippen LogP contribution < -0.4 is 4.84 Å². The van der Waals surface area contributed by atoms with Gasteiger partial charge in [0.25, 0.3) is 0 Å². The maximum atomic E-state index is 10.8. The van der Waals surface area contributed by atoms with E-state index in [2.05, 4.69) is 4.84 Å². The lowest BCUT2D eigenvalue weighted by Gasteiger charge is -2.06. The summed E-state index contributed by atoms with van der Waals surface area (Å²) in [5, 5.41) is 0. The van der Waals surface area contributed by atoms with Crippen LogP contribution in [-0.2, 0) is 9.53 Å². The zero-order chi connectivity index (χ0) is 7.98. The van der Waals surface area contributed by atoms with Crippen molar-refractivity contribution in [2.45, 2.75) is 26.3 Å². The Balaban J connectivity index is 3.42. The molecule has 3 nitrogen and oxygen atoms in total. The second kappa shape index (κ2) is 5.50. The van der Waals surface area contributed by atoms with Crippen molar-refractivity contribution in [3.05, 3.63) is 0 Å². The molecule has 0 aromatic heterocycles. The monoisotopic (exact) mass is 165 g/mol. The van der Waals surface area contributed by atoms with Crippen molar-refractivity contribution in [1.29, 1.82) is 0 Å². The minimum absolute atomic E-state index is 0.308. The van der Waals surface area contributed by atoms with Crippen molar-refractivity contribution in [1.82, 2.24) is 4.84 Å². The van der Waals surface area contributed by atoms with Gasteiger partial charge in [-0.05, 0) is 25.1 Å². The lowest BCUT2D eigenvalue weighted by atomic mass is 10.4. The van der Waals surface area contributed by atoms with Crippen LogP contribution in [0.3, 0.4) is 0 Å². The number of hydrogen-bond donors (Lipinski definition) is 1. The molecule has 1 N–H and O–H groups in total. The minimum atomic E-state index is -0.423. The standard InChI is InChI=1S/C6H12ClNO2/c1-3-4-10-6(9)5(2)8-7/h5,8H,3-4H2,1-2H3/t5-/m0/s1. The van der Waals surface area contributed by atoms with Gasteiger partial charge in [-0.3, -0.25) is 4.79 Å². The van der Waals surface area contributed by atoms with Gasteiger partial charge in [0.1, 0.15) is 6.04 Å². The van der Waals surface area contributed by atoms with Crippen LogP contribution in [0, 0.1) is 0 Å². The van der Waals surface area contributed by atoms with Crippen molar-refractivity contribution in [3.63, 3.8) is 0 Å². The number of ether oxygens (including phenoxy) is 1. The SMILES string of the molecule is CCCOC(=O)[C@H](C)NCl. The molecular formula is C6H12ClNO2. The Morgan fingerprint density at radius 3 is 2.80 bits per heavy atom. The fourth-order valence-corrected chi connectivity index (χ4v) is 0.461. The van der Waals surface area contributed by atoms with Gasteiger partial charge in [-0.25, -0.2) is 4.84 Å². The number of esters is 1. The maximum Gasteiger partial charge on any atom is 0.324 e. The molecule has 60 valence electrons. The highest BCUT2D eigenvalue weighted by atomic mass is 35.5. The first-order valence-corrected chi connectivity index (χ1v) is 3.63. The van der Waals surface area contributed by atoms with Crippen molar-refractivity contribution in [2.75, 3.05) is 6.61 Å². The van der Waals surface area contributed by atoms with E-state index in [0.29, 0.717) is 6.61 Å². The molecule has 0 fully saturated rings. The molecule has 4 heteroatoms. The second-order valence-corrected chi connectivity index (χ2v) is 2.22. The molecule has 0 aliphatic heterocycles. The third kappa shape index (κ3) is 3.69. The van der Waals surface area contributed by atoms with Crippen LogP contribution in [0.2, 0.25) is 0 Å². The summed E-state index contributed by atoms with van der Waals surface area (Å²) >= 11 is 5.17. The normalized spacial score (nSPS) is 12.7. The molecule has 0 aromatic carbocycles. The summed E-state index contributed by atoms with van der Waals surface area (Å²) in [6.07, 6.45) is 0.834. The average molecular weight is 166 g/mol. The van der Waals surface area contributed by atoms with E-state index >= 15 is 0 Å². The highest BCUT2D eigenvalue weighted by Gasteiger charge is 2.10. The Hall–Kier alpha value is -0.280. The number of rotatable bonds is 4. The molecule has 0 amide bonds. The second-order valence-electron chi connectivity index (χ2n) is 2.00. The van der Waals surface area contributed by atoms with Gasteiger partial charge in [-0.15, -0.1) is 0 Å². The number of nitrogens with one attached hydrogen (secondary N) is 1. The van der Waals surface area contributed by atoms with Crippen molar-refractivity contribution in [3.8, 4) is 0 Å². The number of hydrogen-bond acceptors (Lipinski definition) is 3. The van der Waals surface area contributed by atoms with Crippen LogP contribution in [-0.4, -0.2) is 18.6 Å². The predicted molar refractivity (Wildman–Crippen MR) is 39.7 cm³/mol. The van der Waals surface area contributed by atoms with Crippen LogP contribution >= 0.6 is 11.8 Å². The van der Waals surface area contributed by atoms with E-state index in [1.165, 1.54) is 0 Å². The van der Waals surface area contributed by atoms with Crippen molar-refractivity contribution < 1.29 is 9.53 Å². The fraction of sp³-hybridized carbons (Fsp3) is 0.833. The van der Waals surface area contributed by atoms with Crippen LogP contribution in [0.5, 0.6) is 0 Å². The molecule has 10 heavy (non-hydrogen) atoms. The highest BCUT2D eigenvalue weighted by Crippen LogP contribution is 1.89. The van der Waals surface area contributed by atoms with E-state index in [1.54, 1.807) is 6.92 Å². The minimum Gasteiger partial charge on any atom is -0.465 e. The lowest BCUT2D eigenvalue weighted by molar-refractivity contribution is -0.145. The van der Waals surface area contributed by atoms with Gasteiger partial charge in [0, 0.05) is 0 Å². The first kappa shape index (κ1) is 9.72. The zero-order valence-corrected chi connectivity index (χ0v) is 6.94. The molecule has 0 radical (unpaired) electrons. The summed E-state index contributed by atoms with van der Waals surface area (Å²) in [5.74, 6) is -0.308. The third-order valence-corrected chi connectivity index (χ3v) is 1.29. The van der Waals surface area contributed by atoms with E-state index in [-0.39, 0.29) is 5.97 Å².